The van der Waals surface area contributed by atoms with Gasteiger partial charge in [0, 0.05) is 23.7 Å². The van der Waals surface area contributed by atoms with Gasteiger partial charge in [0.15, 0.2) is 0 Å². The van der Waals surface area contributed by atoms with Crippen LogP contribution in [0, 0.1) is 0 Å². The van der Waals surface area contributed by atoms with Gasteiger partial charge in [-0.15, -0.1) is 0 Å². The first-order valence-corrected chi connectivity index (χ1v) is 6.48. The highest BCUT2D eigenvalue weighted by Crippen LogP contribution is 2.31. The molecule has 3 N–H and O–H groups in total. The fraction of sp³-hybridized carbons (Fsp3) is 0.200. The number of hydrogen-bond donors (Lipinski definition) is 2. The van der Waals surface area contributed by atoms with Crippen molar-refractivity contribution in [2.75, 3.05) is 6.61 Å². The molecule has 0 amide bonds. The van der Waals surface area contributed by atoms with Crippen molar-refractivity contribution >= 4 is 11.6 Å². The molecule has 0 radical (unpaired) electrons. The molecule has 0 aliphatic heterocycles. The van der Waals surface area contributed by atoms with Gasteiger partial charge in [0.05, 0.1) is 0 Å². The molecule has 0 atom stereocenters. The molecule has 2 aromatic rings. The number of ether oxygens (including phenoxy) is 1. The van der Waals surface area contributed by atoms with Crippen molar-refractivity contribution < 1.29 is 9.84 Å². The van der Waals surface area contributed by atoms with E-state index in [4.69, 9.17) is 27.2 Å². The monoisotopic (exact) mass is 277 g/mol. The van der Waals surface area contributed by atoms with Crippen molar-refractivity contribution in [2.45, 2.75) is 13.0 Å². The lowest BCUT2D eigenvalue weighted by Gasteiger charge is -2.14. The summed E-state index contributed by atoms with van der Waals surface area (Å²) < 4.78 is 5.89. The van der Waals surface area contributed by atoms with Gasteiger partial charge in [-0.25, -0.2) is 0 Å². The van der Waals surface area contributed by atoms with Gasteiger partial charge in [-0.1, -0.05) is 35.9 Å². The molecule has 2 rings (SSSR count). The van der Waals surface area contributed by atoms with Crippen LogP contribution in [0.4, 0.5) is 0 Å². The second kappa shape index (κ2) is 6.57. The van der Waals surface area contributed by atoms with Gasteiger partial charge >= 0.3 is 0 Å². The summed E-state index contributed by atoms with van der Waals surface area (Å²) in [5.41, 5.74) is 7.43. The third-order valence-corrected chi connectivity index (χ3v) is 3.21. The standard InChI is InChI=1S/C15H16ClNO2/c16-13-5-3-7-15(12(13)10-17)19-14-6-2-1-4-11(14)8-9-18/h1-7,18H,8-10,17H2. The topological polar surface area (TPSA) is 55.5 Å². The maximum atomic E-state index is 9.06. The maximum Gasteiger partial charge on any atom is 0.133 e. The molecule has 0 aromatic heterocycles. The van der Waals surface area contributed by atoms with Crippen LogP contribution in [0.3, 0.4) is 0 Å². The summed E-state index contributed by atoms with van der Waals surface area (Å²) in [7, 11) is 0. The third kappa shape index (κ3) is 3.26. The first-order chi connectivity index (χ1) is 9.26. The fourth-order valence-electron chi connectivity index (χ4n) is 1.88. The number of nitrogens with two attached hydrogens (primary N) is 1. The van der Waals surface area contributed by atoms with Crippen LogP contribution in [0.2, 0.25) is 5.02 Å². The Balaban J connectivity index is 2.33. The van der Waals surface area contributed by atoms with Gasteiger partial charge in [-0.2, -0.15) is 0 Å². The first kappa shape index (κ1) is 13.9. The normalized spacial score (nSPS) is 10.5. The minimum atomic E-state index is 0.0830. The van der Waals surface area contributed by atoms with Gasteiger partial charge in [0.2, 0.25) is 0 Å². The zero-order valence-corrected chi connectivity index (χ0v) is 11.2. The van der Waals surface area contributed by atoms with Crippen LogP contribution < -0.4 is 10.5 Å². The predicted molar refractivity (Wildman–Crippen MR) is 76.6 cm³/mol. The lowest BCUT2D eigenvalue weighted by molar-refractivity contribution is 0.298. The summed E-state index contributed by atoms with van der Waals surface area (Å²) in [6.07, 6.45) is 0.550. The van der Waals surface area contributed by atoms with Crippen LogP contribution in [-0.4, -0.2) is 11.7 Å². The Kier molecular flexibility index (Phi) is 4.80. The third-order valence-electron chi connectivity index (χ3n) is 2.85. The van der Waals surface area contributed by atoms with Crippen LogP contribution in [0.5, 0.6) is 11.5 Å². The summed E-state index contributed by atoms with van der Waals surface area (Å²) in [4.78, 5) is 0. The van der Waals surface area contributed by atoms with Gasteiger partial charge in [-0.3, -0.25) is 0 Å². The van der Waals surface area contributed by atoms with Gasteiger partial charge < -0.3 is 15.6 Å². The number of halogens is 1. The molecule has 3 nitrogen and oxygen atoms in total. The summed E-state index contributed by atoms with van der Waals surface area (Å²) in [5, 5.41) is 9.66. The average molecular weight is 278 g/mol. The highest BCUT2D eigenvalue weighted by molar-refractivity contribution is 6.31. The molecule has 0 saturated carbocycles. The fourth-order valence-corrected chi connectivity index (χ4v) is 2.12. The number of para-hydroxylation sites is 1. The molecular formula is C15H16ClNO2. The van der Waals surface area contributed by atoms with Crippen molar-refractivity contribution in [3.63, 3.8) is 0 Å². The number of hydrogen-bond acceptors (Lipinski definition) is 3. The zero-order valence-electron chi connectivity index (χ0n) is 10.5. The van der Waals surface area contributed by atoms with Crippen molar-refractivity contribution in [3.8, 4) is 11.5 Å². The predicted octanol–water partition coefficient (Wildman–Crippen LogP) is 3.13. The lowest BCUT2D eigenvalue weighted by atomic mass is 10.1. The second-order valence-electron chi connectivity index (χ2n) is 4.10. The Hall–Kier alpha value is -1.55. The highest BCUT2D eigenvalue weighted by atomic mass is 35.5. The van der Waals surface area contributed by atoms with E-state index in [1.165, 1.54) is 0 Å². The van der Waals surface area contributed by atoms with Crippen molar-refractivity contribution in [2.24, 2.45) is 5.73 Å². The molecule has 0 saturated heterocycles. The van der Waals surface area contributed by atoms with Gasteiger partial charge in [0.25, 0.3) is 0 Å². The molecule has 0 bridgehead atoms. The number of benzene rings is 2. The molecular weight excluding hydrogens is 262 g/mol. The van der Waals surface area contributed by atoms with E-state index in [2.05, 4.69) is 0 Å². The molecule has 0 aliphatic carbocycles. The van der Waals surface area contributed by atoms with E-state index in [1.54, 1.807) is 6.07 Å². The number of aliphatic hydroxyl groups excluding tert-OH is 1. The Morgan fingerprint density at radius 1 is 1.05 bits per heavy atom. The lowest BCUT2D eigenvalue weighted by Crippen LogP contribution is -2.02. The van der Waals surface area contributed by atoms with Crippen molar-refractivity contribution in [1.29, 1.82) is 0 Å². The zero-order chi connectivity index (χ0) is 13.7. The van der Waals surface area contributed by atoms with E-state index in [-0.39, 0.29) is 6.61 Å². The van der Waals surface area contributed by atoms with Gasteiger partial charge in [-0.05, 0) is 30.2 Å². The number of aliphatic hydroxyl groups is 1. The Morgan fingerprint density at radius 3 is 2.53 bits per heavy atom. The van der Waals surface area contributed by atoms with E-state index in [0.717, 1.165) is 11.1 Å². The van der Waals surface area contributed by atoms with Crippen LogP contribution in [0.25, 0.3) is 0 Å². The summed E-state index contributed by atoms with van der Waals surface area (Å²) in [6.45, 7) is 0.400. The van der Waals surface area contributed by atoms with Crippen molar-refractivity contribution in [1.82, 2.24) is 0 Å². The molecule has 0 heterocycles. The Bertz CT molecular complexity index is 558. The van der Waals surface area contributed by atoms with Crippen LogP contribution in [0.15, 0.2) is 42.5 Å². The molecule has 2 aromatic carbocycles. The van der Waals surface area contributed by atoms with Crippen molar-refractivity contribution in [3.05, 3.63) is 58.6 Å². The molecule has 0 spiro atoms. The largest absolute Gasteiger partial charge is 0.457 e. The quantitative estimate of drug-likeness (QED) is 0.883. The smallest absolute Gasteiger partial charge is 0.133 e. The molecule has 0 aliphatic rings. The summed E-state index contributed by atoms with van der Waals surface area (Å²) in [5.74, 6) is 1.37. The minimum absolute atomic E-state index is 0.0830. The van der Waals surface area contributed by atoms with E-state index >= 15 is 0 Å². The number of rotatable bonds is 5. The van der Waals surface area contributed by atoms with E-state index in [1.807, 2.05) is 36.4 Å². The molecule has 100 valence electrons. The SMILES string of the molecule is NCc1c(Cl)cccc1Oc1ccccc1CCO. The Morgan fingerprint density at radius 2 is 1.79 bits per heavy atom. The van der Waals surface area contributed by atoms with E-state index < -0.39 is 0 Å². The van der Waals surface area contributed by atoms with Gasteiger partial charge in [0.1, 0.15) is 11.5 Å². The maximum absolute atomic E-state index is 9.06. The second-order valence-corrected chi connectivity index (χ2v) is 4.51. The minimum Gasteiger partial charge on any atom is -0.457 e. The molecule has 19 heavy (non-hydrogen) atoms. The Labute approximate surface area is 117 Å². The molecule has 4 heteroatoms. The van der Waals surface area contributed by atoms with E-state index in [9.17, 15) is 0 Å². The van der Waals surface area contributed by atoms with Crippen LogP contribution in [0.1, 0.15) is 11.1 Å². The van der Waals surface area contributed by atoms with E-state index in [0.29, 0.717) is 29.5 Å². The molecule has 0 fully saturated rings. The van der Waals surface area contributed by atoms with Crippen LogP contribution >= 0.6 is 11.6 Å². The first-order valence-electron chi connectivity index (χ1n) is 6.10. The van der Waals surface area contributed by atoms with Crippen LogP contribution in [-0.2, 0) is 13.0 Å². The summed E-state index contributed by atoms with van der Waals surface area (Å²) >= 11 is 6.10. The average Bonchev–Trinajstić information content (AvgIpc) is 2.41. The highest BCUT2D eigenvalue weighted by Gasteiger charge is 2.09. The summed E-state index contributed by atoms with van der Waals surface area (Å²) in [6, 6.07) is 13.1. The molecule has 0 unspecified atom stereocenters.